The molecule has 1 aliphatic carbocycles. The second kappa shape index (κ2) is 9.34. The number of nitrogens with one attached hydrogen (secondary N) is 2. The average Bonchev–Trinajstić information content (AvgIpc) is 3.23. The first-order valence-electron chi connectivity index (χ1n) is 9.39. The summed E-state index contributed by atoms with van der Waals surface area (Å²) in [5.74, 6) is -1.50. The van der Waals surface area contributed by atoms with Crippen LogP contribution in [0.4, 0.5) is 0 Å². The highest BCUT2D eigenvalue weighted by atomic mass is 32.2. The lowest BCUT2D eigenvalue weighted by Crippen LogP contribution is -2.46. The van der Waals surface area contributed by atoms with E-state index in [-0.39, 0.29) is 17.5 Å². The smallest absolute Gasteiger partial charge is 0.309 e. The van der Waals surface area contributed by atoms with Gasteiger partial charge < -0.3 is 10.6 Å². The molecule has 8 heteroatoms. The van der Waals surface area contributed by atoms with Crippen molar-refractivity contribution in [1.29, 1.82) is 0 Å². The van der Waals surface area contributed by atoms with Crippen LogP contribution in [0.5, 0.6) is 0 Å². The number of sulfone groups is 1. The number of carbonyl (C=O) groups excluding carboxylic acids is 2. The molecule has 0 bridgehead atoms. The maximum atomic E-state index is 13.1. The van der Waals surface area contributed by atoms with Crippen LogP contribution in [-0.4, -0.2) is 32.8 Å². The van der Waals surface area contributed by atoms with E-state index in [1.807, 2.05) is 0 Å². The van der Waals surface area contributed by atoms with E-state index in [1.165, 1.54) is 23.5 Å². The molecule has 0 saturated heterocycles. The molecule has 1 atom stereocenters. The Bertz CT molecular complexity index is 890. The maximum Gasteiger partial charge on any atom is 0.309 e. The van der Waals surface area contributed by atoms with Gasteiger partial charge in [0.15, 0.2) is 9.84 Å². The second-order valence-electron chi connectivity index (χ2n) is 6.88. The normalized spacial score (nSPS) is 16.3. The van der Waals surface area contributed by atoms with Crippen molar-refractivity contribution in [3.63, 3.8) is 0 Å². The summed E-state index contributed by atoms with van der Waals surface area (Å²) in [6.07, 6.45) is 4.99. The van der Waals surface area contributed by atoms with Crippen LogP contribution in [0, 0.1) is 0 Å². The minimum atomic E-state index is -3.71. The third kappa shape index (κ3) is 4.99. The van der Waals surface area contributed by atoms with Crippen LogP contribution in [-0.2, 0) is 19.4 Å². The fourth-order valence-corrected chi connectivity index (χ4v) is 6.18. The van der Waals surface area contributed by atoms with Gasteiger partial charge in [0.05, 0.1) is 4.90 Å². The molecule has 0 radical (unpaired) electrons. The highest BCUT2D eigenvalue weighted by Crippen LogP contribution is 2.31. The first-order valence-corrected chi connectivity index (χ1v) is 11.8. The van der Waals surface area contributed by atoms with E-state index >= 15 is 0 Å². The van der Waals surface area contributed by atoms with Crippen LogP contribution in [0.1, 0.15) is 42.2 Å². The lowest BCUT2D eigenvalue weighted by molar-refractivity contribution is -0.139. The van der Waals surface area contributed by atoms with Gasteiger partial charge >= 0.3 is 11.8 Å². The van der Waals surface area contributed by atoms with Crippen molar-refractivity contribution in [2.24, 2.45) is 0 Å². The molecule has 0 spiro atoms. The summed E-state index contributed by atoms with van der Waals surface area (Å²) in [5, 5.41) is 6.11. The summed E-state index contributed by atoms with van der Waals surface area (Å²) >= 11 is 1.31. The third-order valence-electron chi connectivity index (χ3n) is 4.90. The van der Waals surface area contributed by atoms with Gasteiger partial charge in [-0.3, -0.25) is 9.59 Å². The van der Waals surface area contributed by atoms with Crippen LogP contribution < -0.4 is 10.6 Å². The predicted octanol–water partition coefficient (Wildman–Crippen LogP) is 2.83. The highest BCUT2D eigenvalue weighted by Gasteiger charge is 2.31. The van der Waals surface area contributed by atoms with E-state index in [4.69, 9.17) is 0 Å². The van der Waals surface area contributed by atoms with Crippen molar-refractivity contribution < 1.29 is 18.0 Å². The first-order chi connectivity index (χ1) is 13.5. The van der Waals surface area contributed by atoms with Crippen molar-refractivity contribution in [2.75, 3.05) is 6.54 Å². The molecule has 2 N–H and O–H groups in total. The molecular formula is C20H24N2O4S2. The molecular weight excluding hydrogens is 396 g/mol. The second-order valence-corrected chi connectivity index (χ2v) is 9.99. The van der Waals surface area contributed by atoms with Gasteiger partial charge in [0.1, 0.15) is 5.25 Å². The Labute approximate surface area is 169 Å². The first kappa shape index (κ1) is 20.5. The fourth-order valence-electron chi connectivity index (χ4n) is 3.38. The molecule has 6 nitrogen and oxygen atoms in total. The molecule has 1 aliphatic rings. The number of thiophene rings is 1. The summed E-state index contributed by atoms with van der Waals surface area (Å²) in [4.78, 5) is 25.2. The van der Waals surface area contributed by atoms with Gasteiger partial charge in [-0.1, -0.05) is 43.5 Å². The molecule has 1 fully saturated rings. The molecule has 2 aromatic rings. The van der Waals surface area contributed by atoms with E-state index in [1.54, 1.807) is 35.7 Å². The van der Waals surface area contributed by atoms with Gasteiger partial charge in [-0.2, -0.15) is 0 Å². The number of benzene rings is 1. The van der Waals surface area contributed by atoms with Gasteiger partial charge in [0.25, 0.3) is 0 Å². The molecule has 150 valence electrons. The molecule has 28 heavy (non-hydrogen) atoms. The molecule has 1 aromatic heterocycles. The minimum Gasteiger partial charge on any atom is -0.346 e. The standard InChI is InChI=1S/C20H24N2O4S2/c23-19(20(24)22-15-8-3-1-4-9-15)21-14-18(17-12-7-13-27-17)28(25,26)16-10-5-2-6-11-16/h2,5-7,10-13,15,18H,1,3-4,8-9,14H2,(H,21,23)(H,22,24). The molecule has 1 heterocycles. The zero-order valence-corrected chi connectivity index (χ0v) is 17.1. The Morgan fingerprint density at radius 1 is 1.00 bits per heavy atom. The van der Waals surface area contributed by atoms with E-state index in [0.717, 1.165) is 32.1 Å². The number of hydrogen-bond acceptors (Lipinski definition) is 5. The summed E-state index contributed by atoms with van der Waals surface area (Å²) < 4.78 is 26.2. The number of hydrogen-bond donors (Lipinski definition) is 2. The van der Waals surface area contributed by atoms with Gasteiger partial charge in [0.2, 0.25) is 0 Å². The molecule has 1 aromatic carbocycles. The van der Waals surface area contributed by atoms with Crippen molar-refractivity contribution in [2.45, 2.75) is 48.3 Å². The predicted molar refractivity (Wildman–Crippen MR) is 109 cm³/mol. The van der Waals surface area contributed by atoms with Gasteiger partial charge in [-0.05, 0) is 36.4 Å². The molecule has 3 rings (SSSR count). The summed E-state index contributed by atoms with van der Waals surface area (Å²) in [5.41, 5.74) is 0. The van der Waals surface area contributed by atoms with Gasteiger partial charge in [0, 0.05) is 17.5 Å². The number of rotatable bonds is 6. The highest BCUT2D eigenvalue weighted by molar-refractivity contribution is 7.91. The van der Waals surface area contributed by atoms with Gasteiger partial charge in [-0.25, -0.2) is 8.42 Å². The molecule has 1 unspecified atom stereocenters. The monoisotopic (exact) mass is 420 g/mol. The van der Waals surface area contributed by atoms with Crippen molar-refractivity contribution in [3.05, 3.63) is 52.7 Å². The number of amides is 2. The molecule has 1 saturated carbocycles. The number of carbonyl (C=O) groups is 2. The Morgan fingerprint density at radius 3 is 2.36 bits per heavy atom. The molecule has 2 amide bonds. The van der Waals surface area contributed by atoms with E-state index in [0.29, 0.717) is 4.88 Å². The van der Waals surface area contributed by atoms with Gasteiger partial charge in [-0.15, -0.1) is 11.3 Å². The minimum absolute atomic E-state index is 0.0214. The Morgan fingerprint density at radius 2 is 1.71 bits per heavy atom. The molecule has 0 aliphatic heterocycles. The zero-order chi connectivity index (χ0) is 20.0. The van der Waals surface area contributed by atoms with E-state index in [2.05, 4.69) is 10.6 Å². The quantitative estimate of drug-likeness (QED) is 0.703. The van der Waals surface area contributed by atoms with Crippen LogP contribution in [0.2, 0.25) is 0 Å². The van der Waals surface area contributed by atoms with Crippen LogP contribution in [0.15, 0.2) is 52.7 Å². The Balaban J connectivity index is 1.69. The van der Waals surface area contributed by atoms with Crippen LogP contribution in [0.3, 0.4) is 0 Å². The van der Waals surface area contributed by atoms with Crippen molar-refractivity contribution >= 4 is 33.0 Å². The summed E-state index contributed by atoms with van der Waals surface area (Å²) in [6.45, 7) is -0.158. The zero-order valence-electron chi connectivity index (χ0n) is 15.5. The van der Waals surface area contributed by atoms with Crippen LogP contribution >= 0.6 is 11.3 Å². The van der Waals surface area contributed by atoms with Crippen molar-refractivity contribution in [1.82, 2.24) is 10.6 Å². The van der Waals surface area contributed by atoms with Crippen molar-refractivity contribution in [3.8, 4) is 0 Å². The lowest BCUT2D eigenvalue weighted by atomic mass is 9.95. The topological polar surface area (TPSA) is 92.3 Å². The Hall–Kier alpha value is -2.19. The lowest BCUT2D eigenvalue weighted by Gasteiger charge is -2.22. The average molecular weight is 421 g/mol. The van der Waals surface area contributed by atoms with E-state index in [9.17, 15) is 18.0 Å². The fraction of sp³-hybridized carbons (Fsp3) is 0.400. The Kier molecular flexibility index (Phi) is 6.85. The summed E-state index contributed by atoms with van der Waals surface area (Å²) in [6, 6.07) is 11.7. The third-order valence-corrected chi connectivity index (χ3v) is 8.14. The SMILES string of the molecule is O=C(NCC(c1cccs1)S(=O)(=O)c1ccccc1)C(=O)NC1CCCCC1. The largest absolute Gasteiger partial charge is 0.346 e. The summed E-state index contributed by atoms with van der Waals surface area (Å²) in [7, 11) is -3.71. The van der Waals surface area contributed by atoms with Crippen LogP contribution in [0.25, 0.3) is 0 Å². The van der Waals surface area contributed by atoms with E-state index < -0.39 is 26.9 Å². The maximum absolute atomic E-state index is 13.1.